The van der Waals surface area contributed by atoms with Crippen LogP contribution in [0.1, 0.15) is 0 Å². The third kappa shape index (κ3) is 4.41. The molecular formula is C16H11BrN4O3. The number of amides is 1. The highest BCUT2D eigenvalue weighted by Crippen LogP contribution is 2.21. The van der Waals surface area contributed by atoms with Crippen molar-refractivity contribution in [1.29, 1.82) is 5.26 Å². The molecule has 0 unspecified atom stereocenters. The lowest BCUT2D eigenvalue weighted by atomic mass is 10.2. The summed E-state index contributed by atoms with van der Waals surface area (Å²) in [5, 5.41) is 25.1. The normalized spacial score (nSPS) is 10.6. The molecule has 0 bridgehead atoms. The number of benzene rings is 2. The zero-order chi connectivity index (χ0) is 17.5. The molecule has 2 rings (SSSR count). The van der Waals surface area contributed by atoms with E-state index in [2.05, 4.69) is 26.6 Å². The molecule has 120 valence electrons. The molecule has 0 radical (unpaired) electrons. The number of rotatable bonds is 5. The van der Waals surface area contributed by atoms with Gasteiger partial charge in [0.15, 0.2) is 0 Å². The first-order valence-corrected chi connectivity index (χ1v) is 7.47. The number of halogens is 1. The minimum atomic E-state index is -0.620. The molecule has 0 aromatic heterocycles. The number of carbonyl (C=O) groups is 1. The number of hydrogen-bond donors (Lipinski definition) is 2. The van der Waals surface area contributed by atoms with Crippen molar-refractivity contribution < 1.29 is 9.72 Å². The second-order valence-electron chi connectivity index (χ2n) is 4.55. The van der Waals surface area contributed by atoms with Gasteiger partial charge in [0.2, 0.25) is 0 Å². The number of anilines is 2. The fraction of sp³-hybridized carbons (Fsp3) is 0. The van der Waals surface area contributed by atoms with Crippen LogP contribution >= 0.6 is 15.9 Å². The fourth-order valence-electron chi connectivity index (χ4n) is 1.74. The highest BCUT2D eigenvalue weighted by atomic mass is 79.9. The number of hydrogen-bond acceptors (Lipinski definition) is 5. The predicted molar refractivity (Wildman–Crippen MR) is 93.2 cm³/mol. The van der Waals surface area contributed by atoms with Gasteiger partial charge < -0.3 is 10.6 Å². The van der Waals surface area contributed by atoms with Gasteiger partial charge in [-0.25, -0.2) is 0 Å². The largest absolute Gasteiger partial charge is 0.359 e. The summed E-state index contributed by atoms with van der Waals surface area (Å²) in [4.78, 5) is 22.1. The average molecular weight is 387 g/mol. The van der Waals surface area contributed by atoms with Crippen molar-refractivity contribution in [2.45, 2.75) is 0 Å². The van der Waals surface area contributed by atoms with E-state index >= 15 is 0 Å². The van der Waals surface area contributed by atoms with Crippen molar-refractivity contribution >= 4 is 38.9 Å². The third-order valence-corrected chi connectivity index (χ3v) is 3.64. The van der Waals surface area contributed by atoms with Crippen molar-refractivity contribution in [2.24, 2.45) is 0 Å². The van der Waals surface area contributed by atoms with Gasteiger partial charge in [0.25, 0.3) is 11.6 Å². The van der Waals surface area contributed by atoms with Gasteiger partial charge in [-0.2, -0.15) is 5.26 Å². The van der Waals surface area contributed by atoms with Gasteiger partial charge in [-0.15, -0.1) is 0 Å². The van der Waals surface area contributed by atoms with Crippen molar-refractivity contribution in [3.63, 3.8) is 0 Å². The molecule has 0 saturated carbocycles. The van der Waals surface area contributed by atoms with Gasteiger partial charge in [-0.05, 0) is 40.2 Å². The molecule has 0 aliphatic carbocycles. The third-order valence-electron chi connectivity index (χ3n) is 2.95. The van der Waals surface area contributed by atoms with Gasteiger partial charge in [-0.1, -0.05) is 12.1 Å². The Labute approximate surface area is 145 Å². The van der Waals surface area contributed by atoms with E-state index in [0.717, 1.165) is 4.47 Å². The van der Waals surface area contributed by atoms with Crippen LogP contribution in [0.25, 0.3) is 0 Å². The molecule has 2 aromatic carbocycles. The van der Waals surface area contributed by atoms with Gasteiger partial charge >= 0.3 is 0 Å². The molecule has 8 heteroatoms. The minimum absolute atomic E-state index is 0.0837. The summed E-state index contributed by atoms with van der Waals surface area (Å²) in [7, 11) is 0. The topological polar surface area (TPSA) is 108 Å². The SMILES string of the molecule is N#C/C(=C/Nc1ccccc1Br)C(=O)Nc1ccc([N+](=O)[O-])cc1. The summed E-state index contributed by atoms with van der Waals surface area (Å²) in [5.74, 6) is -0.620. The van der Waals surface area contributed by atoms with Gasteiger partial charge in [0.05, 0.1) is 10.6 Å². The Morgan fingerprint density at radius 2 is 1.88 bits per heavy atom. The van der Waals surface area contributed by atoms with Crippen LogP contribution in [-0.4, -0.2) is 10.8 Å². The van der Waals surface area contributed by atoms with E-state index in [-0.39, 0.29) is 11.3 Å². The lowest BCUT2D eigenvalue weighted by molar-refractivity contribution is -0.384. The van der Waals surface area contributed by atoms with E-state index in [1.165, 1.54) is 30.5 Å². The quantitative estimate of drug-likeness (QED) is 0.351. The molecule has 0 aliphatic rings. The standard InChI is InChI=1S/C16H11BrN4O3/c17-14-3-1-2-4-15(14)19-10-11(9-18)16(22)20-12-5-7-13(8-6-12)21(23)24/h1-8,10,19H,(H,20,22)/b11-10-. The molecule has 0 aliphatic heterocycles. The van der Waals surface area contributed by atoms with Crippen LogP contribution in [0.15, 0.2) is 64.8 Å². The Morgan fingerprint density at radius 1 is 1.21 bits per heavy atom. The smallest absolute Gasteiger partial charge is 0.269 e. The summed E-state index contributed by atoms with van der Waals surface area (Å²) < 4.78 is 0.786. The fourth-order valence-corrected chi connectivity index (χ4v) is 2.14. The number of para-hydroxylation sites is 1. The van der Waals surface area contributed by atoms with Crippen LogP contribution in [0.5, 0.6) is 0 Å². The molecule has 2 aromatic rings. The molecule has 0 fully saturated rings. The molecule has 0 spiro atoms. The van der Waals surface area contributed by atoms with E-state index in [9.17, 15) is 14.9 Å². The molecule has 24 heavy (non-hydrogen) atoms. The van der Waals surface area contributed by atoms with E-state index in [1.54, 1.807) is 12.1 Å². The summed E-state index contributed by atoms with van der Waals surface area (Å²) in [5.41, 5.74) is 0.838. The number of nitrogens with one attached hydrogen (secondary N) is 2. The first-order valence-electron chi connectivity index (χ1n) is 6.68. The maximum atomic E-state index is 12.1. The number of carbonyl (C=O) groups excluding carboxylic acids is 1. The minimum Gasteiger partial charge on any atom is -0.359 e. The Morgan fingerprint density at radius 3 is 2.46 bits per heavy atom. The molecule has 0 heterocycles. The Hall–Kier alpha value is -3.18. The van der Waals surface area contributed by atoms with Gasteiger partial charge in [0.1, 0.15) is 11.6 Å². The van der Waals surface area contributed by atoms with E-state index in [1.807, 2.05) is 18.2 Å². The van der Waals surface area contributed by atoms with Gasteiger partial charge in [0, 0.05) is 28.5 Å². The second kappa shape index (κ2) is 7.89. The molecule has 2 N–H and O–H groups in total. The van der Waals surface area contributed by atoms with Crippen LogP contribution in [0.3, 0.4) is 0 Å². The molecule has 0 atom stereocenters. The molecule has 0 saturated heterocycles. The molecule has 1 amide bonds. The molecule has 7 nitrogen and oxygen atoms in total. The number of nitro groups is 1. The van der Waals surface area contributed by atoms with Crippen LogP contribution in [0.4, 0.5) is 17.1 Å². The highest BCUT2D eigenvalue weighted by molar-refractivity contribution is 9.10. The van der Waals surface area contributed by atoms with Crippen LogP contribution in [0.2, 0.25) is 0 Å². The summed E-state index contributed by atoms with van der Waals surface area (Å²) in [6, 6.07) is 14.4. The van der Waals surface area contributed by atoms with Crippen molar-refractivity contribution in [3.8, 4) is 6.07 Å². The highest BCUT2D eigenvalue weighted by Gasteiger charge is 2.11. The van der Waals surface area contributed by atoms with Crippen LogP contribution < -0.4 is 10.6 Å². The summed E-state index contributed by atoms with van der Waals surface area (Å²) >= 11 is 3.35. The van der Waals surface area contributed by atoms with E-state index in [0.29, 0.717) is 11.4 Å². The Kier molecular flexibility index (Phi) is 5.65. The summed E-state index contributed by atoms with van der Waals surface area (Å²) in [6.07, 6.45) is 1.29. The zero-order valence-electron chi connectivity index (χ0n) is 12.2. The lowest BCUT2D eigenvalue weighted by Gasteiger charge is -2.06. The predicted octanol–water partition coefficient (Wildman–Crippen LogP) is 3.82. The lowest BCUT2D eigenvalue weighted by Crippen LogP contribution is -2.14. The Balaban J connectivity index is 2.08. The van der Waals surface area contributed by atoms with E-state index < -0.39 is 10.8 Å². The van der Waals surface area contributed by atoms with Crippen LogP contribution in [0, 0.1) is 21.4 Å². The second-order valence-corrected chi connectivity index (χ2v) is 5.41. The van der Waals surface area contributed by atoms with Crippen molar-refractivity contribution in [3.05, 3.63) is 74.9 Å². The van der Waals surface area contributed by atoms with E-state index in [4.69, 9.17) is 5.26 Å². The maximum absolute atomic E-state index is 12.1. The number of nitriles is 1. The number of nitro benzene ring substituents is 1. The summed E-state index contributed by atoms with van der Waals surface area (Å²) in [6.45, 7) is 0. The Bertz CT molecular complexity index is 841. The van der Waals surface area contributed by atoms with Crippen molar-refractivity contribution in [1.82, 2.24) is 0 Å². The van der Waals surface area contributed by atoms with Crippen LogP contribution in [-0.2, 0) is 4.79 Å². The number of non-ortho nitro benzene ring substituents is 1. The average Bonchev–Trinajstić information content (AvgIpc) is 2.57. The number of nitrogens with zero attached hydrogens (tertiary/aromatic N) is 2. The monoisotopic (exact) mass is 386 g/mol. The maximum Gasteiger partial charge on any atom is 0.269 e. The molecular weight excluding hydrogens is 376 g/mol. The van der Waals surface area contributed by atoms with Gasteiger partial charge in [-0.3, -0.25) is 14.9 Å². The first-order chi connectivity index (χ1) is 11.5. The van der Waals surface area contributed by atoms with Crippen molar-refractivity contribution in [2.75, 3.05) is 10.6 Å². The zero-order valence-corrected chi connectivity index (χ0v) is 13.8. The first kappa shape index (κ1) is 17.2.